The lowest BCUT2D eigenvalue weighted by Gasteiger charge is -2.39. The van der Waals surface area contributed by atoms with Crippen molar-refractivity contribution >= 4 is 50.5 Å². The number of likely N-dealkylation sites (tertiary alicyclic amines) is 1. The molecule has 39 heavy (non-hydrogen) atoms. The standard InChI is InChI=1S/C26H27F2NO8S2/c1-12(26(27,28)39(33,34)35)36-24(32)17-16-20-18(29(22(16)30)25(2,3)4)19(21(17)38-20)37-23(31)15-10-9-13-7-5-6-8-14(13)11-15/h5-12,16-21H,1-4H3,(H,33,34,35). The number of hydrogen-bond acceptors (Lipinski definition) is 8. The van der Waals surface area contributed by atoms with Gasteiger partial charge in [-0.3, -0.25) is 14.1 Å². The number of amides is 1. The Morgan fingerprint density at radius 1 is 1.08 bits per heavy atom. The van der Waals surface area contributed by atoms with Crippen molar-refractivity contribution in [1.82, 2.24) is 4.90 Å². The minimum Gasteiger partial charge on any atom is -0.455 e. The molecule has 2 bridgehead atoms. The monoisotopic (exact) mass is 583 g/mol. The Labute approximate surface area is 227 Å². The molecular weight excluding hydrogens is 556 g/mol. The number of ether oxygens (including phenoxy) is 2. The first kappa shape index (κ1) is 27.8. The molecule has 13 heteroatoms. The summed E-state index contributed by atoms with van der Waals surface area (Å²) in [5.74, 6) is -4.45. The van der Waals surface area contributed by atoms with E-state index in [1.807, 2.05) is 24.3 Å². The molecule has 7 unspecified atom stereocenters. The highest BCUT2D eigenvalue weighted by atomic mass is 32.2. The SMILES string of the molecule is CC(OC(=O)C1C2SC3C1C(=O)N(C(C)(C)C)C3C2OC(=O)c1ccc2ccccc2c1)C(F)(F)S(=O)(=O)O. The summed E-state index contributed by atoms with van der Waals surface area (Å²) in [5.41, 5.74) is -0.438. The summed E-state index contributed by atoms with van der Waals surface area (Å²) in [4.78, 5) is 41.6. The van der Waals surface area contributed by atoms with Gasteiger partial charge >= 0.3 is 27.3 Å². The third-order valence-electron chi connectivity index (χ3n) is 7.56. The summed E-state index contributed by atoms with van der Waals surface area (Å²) in [6, 6.07) is 11.9. The van der Waals surface area contributed by atoms with Gasteiger partial charge < -0.3 is 14.4 Å². The van der Waals surface area contributed by atoms with E-state index in [0.29, 0.717) is 6.92 Å². The van der Waals surface area contributed by atoms with Crippen LogP contribution in [0.3, 0.4) is 0 Å². The third kappa shape index (κ3) is 4.38. The molecule has 5 rings (SSSR count). The van der Waals surface area contributed by atoms with Crippen LogP contribution in [0.2, 0.25) is 0 Å². The van der Waals surface area contributed by atoms with Gasteiger partial charge in [0.15, 0.2) is 6.10 Å². The molecule has 3 saturated heterocycles. The number of thioether (sulfide) groups is 1. The zero-order chi connectivity index (χ0) is 28.7. The van der Waals surface area contributed by atoms with E-state index in [2.05, 4.69) is 0 Å². The molecule has 2 aromatic carbocycles. The molecule has 0 aromatic heterocycles. The molecule has 0 spiro atoms. The number of fused-ring (bicyclic) bond motifs is 2. The molecule has 1 amide bonds. The first-order valence-electron chi connectivity index (χ1n) is 12.3. The maximum absolute atomic E-state index is 14.1. The van der Waals surface area contributed by atoms with Crippen LogP contribution < -0.4 is 0 Å². The van der Waals surface area contributed by atoms with Crippen LogP contribution in [0, 0.1) is 11.8 Å². The summed E-state index contributed by atoms with van der Waals surface area (Å²) in [6.45, 7) is 6.05. The van der Waals surface area contributed by atoms with Gasteiger partial charge in [0.1, 0.15) is 6.10 Å². The Hall–Kier alpha value is -2.77. The van der Waals surface area contributed by atoms with Crippen molar-refractivity contribution in [3.05, 3.63) is 48.0 Å². The number of carbonyl (C=O) groups excluding carboxylic acids is 3. The van der Waals surface area contributed by atoms with Crippen molar-refractivity contribution < 1.29 is 45.6 Å². The Bertz CT molecular complexity index is 1470. The van der Waals surface area contributed by atoms with Crippen LogP contribution >= 0.6 is 11.8 Å². The molecule has 3 fully saturated rings. The zero-order valence-corrected chi connectivity index (χ0v) is 23.0. The Morgan fingerprint density at radius 2 is 1.72 bits per heavy atom. The first-order chi connectivity index (χ1) is 18.0. The van der Waals surface area contributed by atoms with Gasteiger partial charge in [-0.2, -0.15) is 17.2 Å². The van der Waals surface area contributed by atoms with E-state index in [-0.39, 0.29) is 5.56 Å². The summed E-state index contributed by atoms with van der Waals surface area (Å²) in [5, 5.41) is -4.27. The average Bonchev–Trinajstić information content (AvgIpc) is 3.45. The predicted molar refractivity (Wildman–Crippen MR) is 138 cm³/mol. The van der Waals surface area contributed by atoms with Crippen LogP contribution in [0.25, 0.3) is 10.8 Å². The van der Waals surface area contributed by atoms with E-state index < -0.39 is 79.3 Å². The van der Waals surface area contributed by atoms with Crippen LogP contribution in [0.15, 0.2) is 42.5 Å². The van der Waals surface area contributed by atoms with E-state index in [0.717, 1.165) is 10.8 Å². The van der Waals surface area contributed by atoms with Crippen LogP contribution in [0.4, 0.5) is 8.78 Å². The molecule has 0 saturated carbocycles. The van der Waals surface area contributed by atoms with Gasteiger partial charge in [0.05, 0.1) is 28.7 Å². The second-order valence-corrected chi connectivity index (χ2v) is 13.9. The minimum absolute atomic E-state index is 0.269. The number of esters is 2. The molecule has 0 radical (unpaired) electrons. The molecule has 3 heterocycles. The molecule has 2 aromatic rings. The lowest BCUT2D eigenvalue weighted by Crippen LogP contribution is -2.55. The highest BCUT2D eigenvalue weighted by molar-refractivity contribution is 8.01. The smallest absolute Gasteiger partial charge is 0.405 e. The fourth-order valence-corrected chi connectivity index (χ4v) is 8.39. The lowest BCUT2D eigenvalue weighted by atomic mass is 9.78. The summed E-state index contributed by atoms with van der Waals surface area (Å²) >= 11 is 1.26. The van der Waals surface area contributed by atoms with Gasteiger partial charge in [-0.15, -0.1) is 11.8 Å². The van der Waals surface area contributed by atoms with Crippen LogP contribution in [-0.2, 0) is 29.2 Å². The summed E-state index contributed by atoms with van der Waals surface area (Å²) in [7, 11) is -5.86. The van der Waals surface area contributed by atoms with Crippen LogP contribution in [-0.4, -0.2) is 75.3 Å². The van der Waals surface area contributed by atoms with Crippen molar-refractivity contribution in [2.24, 2.45) is 11.8 Å². The minimum atomic E-state index is -5.86. The normalized spacial score (nSPS) is 29.1. The van der Waals surface area contributed by atoms with Gasteiger partial charge in [0.2, 0.25) is 5.91 Å². The van der Waals surface area contributed by atoms with Gasteiger partial charge in [-0.1, -0.05) is 30.3 Å². The van der Waals surface area contributed by atoms with Gasteiger partial charge in [-0.25, -0.2) is 4.79 Å². The Morgan fingerprint density at radius 3 is 2.33 bits per heavy atom. The van der Waals surface area contributed by atoms with Gasteiger partial charge in [0, 0.05) is 10.8 Å². The highest BCUT2D eigenvalue weighted by Gasteiger charge is 2.73. The largest absolute Gasteiger partial charge is 0.455 e. The number of benzene rings is 2. The number of halogens is 2. The maximum atomic E-state index is 14.1. The van der Waals surface area contributed by atoms with E-state index in [9.17, 15) is 31.6 Å². The molecule has 0 aliphatic carbocycles. The zero-order valence-electron chi connectivity index (χ0n) is 21.4. The molecule has 9 nitrogen and oxygen atoms in total. The van der Waals surface area contributed by atoms with Crippen molar-refractivity contribution in [2.45, 2.75) is 67.2 Å². The molecule has 7 atom stereocenters. The molecular formula is C26H27F2NO8S2. The van der Waals surface area contributed by atoms with Crippen molar-refractivity contribution in [3.63, 3.8) is 0 Å². The second-order valence-electron chi connectivity index (χ2n) is 11.0. The molecule has 3 aliphatic rings. The van der Waals surface area contributed by atoms with E-state index in [1.165, 1.54) is 11.8 Å². The lowest BCUT2D eigenvalue weighted by molar-refractivity contribution is -0.168. The fourth-order valence-electron chi connectivity index (χ4n) is 5.85. The van der Waals surface area contributed by atoms with Crippen LogP contribution in [0.1, 0.15) is 38.1 Å². The summed E-state index contributed by atoms with van der Waals surface area (Å²) < 4.78 is 70.2. The number of nitrogens with zero attached hydrogens (tertiary/aromatic N) is 1. The van der Waals surface area contributed by atoms with Crippen molar-refractivity contribution in [3.8, 4) is 0 Å². The average molecular weight is 584 g/mol. The van der Waals surface area contributed by atoms with Gasteiger partial charge in [0.25, 0.3) is 0 Å². The Balaban J connectivity index is 1.46. The van der Waals surface area contributed by atoms with E-state index >= 15 is 0 Å². The highest BCUT2D eigenvalue weighted by Crippen LogP contribution is 2.61. The topological polar surface area (TPSA) is 127 Å². The number of alkyl halides is 2. The van der Waals surface area contributed by atoms with E-state index in [1.54, 1.807) is 43.9 Å². The predicted octanol–water partition coefficient (Wildman–Crippen LogP) is 3.52. The molecule has 3 aliphatic heterocycles. The van der Waals surface area contributed by atoms with Crippen LogP contribution in [0.5, 0.6) is 0 Å². The van der Waals surface area contributed by atoms with E-state index in [4.69, 9.17) is 14.0 Å². The number of hydrogen-bond donors (Lipinski definition) is 1. The summed E-state index contributed by atoms with van der Waals surface area (Å²) in [6.07, 6.45) is -3.47. The maximum Gasteiger partial charge on any atom is 0.405 e. The van der Waals surface area contributed by atoms with Gasteiger partial charge in [-0.05, 0) is 50.6 Å². The fraction of sp³-hybridized carbons (Fsp3) is 0.500. The molecule has 1 N–H and O–H groups in total. The quantitative estimate of drug-likeness (QED) is 0.401. The second kappa shape index (κ2) is 9.13. The van der Waals surface area contributed by atoms with Crippen molar-refractivity contribution in [2.75, 3.05) is 0 Å². The first-order valence-corrected chi connectivity index (χ1v) is 14.7. The number of carbonyl (C=O) groups is 3. The molecule has 210 valence electrons. The Kier molecular flexibility index (Phi) is 6.51. The van der Waals surface area contributed by atoms with Crippen molar-refractivity contribution in [1.29, 1.82) is 0 Å². The number of rotatable bonds is 6. The third-order valence-corrected chi connectivity index (χ3v) is 10.3.